The van der Waals surface area contributed by atoms with Crippen LogP contribution in [-0.4, -0.2) is 79.6 Å². The molecule has 0 aromatic heterocycles. The molecule has 24 heavy (non-hydrogen) atoms. The van der Waals surface area contributed by atoms with Crippen molar-refractivity contribution in [3.8, 4) is 5.75 Å². The molecule has 0 aliphatic carbocycles. The number of hydrogen-bond donors (Lipinski definition) is 0. The lowest BCUT2D eigenvalue weighted by Crippen LogP contribution is -2.50. The summed E-state index contributed by atoms with van der Waals surface area (Å²) in [7, 11) is 0. The van der Waals surface area contributed by atoms with E-state index in [-0.39, 0.29) is 0 Å². The smallest absolute Gasteiger partial charge is 0.236 e. The van der Waals surface area contributed by atoms with E-state index in [1.54, 1.807) is 0 Å². The molecule has 3 rings (SSSR count). The van der Waals surface area contributed by atoms with Crippen LogP contribution in [0.15, 0.2) is 24.3 Å². The van der Waals surface area contributed by atoms with Crippen LogP contribution in [0, 0.1) is 0 Å². The summed E-state index contributed by atoms with van der Waals surface area (Å²) in [5.74, 6) is 1.04. The number of likely N-dealkylation sites (tertiary alicyclic amines) is 1. The van der Waals surface area contributed by atoms with Gasteiger partial charge in [0.05, 0.1) is 11.6 Å². The second kappa shape index (κ2) is 8.70. The molecule has 1 amide bonds. The van der Waals surface area contributed by atoms with E-state index in [1.165, 1.54) is 0 Å². The molecule has 0 spiro atoms. The monoisotopic (exact) mass is 351 g/mol. The Morgan fingerprint density at radius 2 is 1.67 bits per heavy atom. The first-order valence-electron chi connectivity index (χ1n) is 8.82. The zero-order valence-electron chi connectivity index (χ0n) is 14.1. The predicted molar refractivity (Wildman–Crippen MR) is 95.6 cm³/mol. The van der Waals surface area contributed by atoms with Gasteiger partial charge in [0.1, 0.15) is 12.4 Å². The Morgan fingerprint density at radius 3 is 2.38 bits per heavy atom. The van der Waals surface area contributed by atoms with Gasteiger partial charge in [0.25, 0.3) is 0 Å². The van der Waals surface area contributed by atoms with Gasteiger partial charge in [-0.1, -0.05) is 23.7 Å². The first kappa shape index (κ1) is 17.5. The quantitative estimate of drug-likeness (QED) is 0.785. The molecule has 5 nitrogen and oxygen atoms in total. The fraction of sp³-hybridized carbons (Fsp3) is 0.611. The molecule has 0 bridgehead atoms. The van der Waals surface area contributed by atoms with Crippen LogP contribution in [0.2, 0.25) is 5.02 Å². The number of amides is 1. The van der Waals surface area contributed by atoms with E-state index < -0.39 is 0 Å². The second-order valence-corrected chi connectivity index (χ2v) is 6.89. The summed E-state index contributed by atoms with van der Waals surface area (Å²) in [4.78, 5) is 18.9. The van der Waals surface area contributed by atoms with Crippen LogP contribution in [0.3, 0.4) is 0 Å². The summed E-state index contributed by atoms with van der Waals surface area (Å²) in [6, 6.07) is 7.56. The second-order valence-electron chi connectivity index (χ2n) is 6.48. The number of carbonyl (C=O) groups excluding carboxylic acids is 1. The van der Waals surface area contributed by atoms with Crippen molar-refractivity contribution in [2.75, 3.05) is 59.0 Å². The van der Waals surface area contributed by atoms with Gasteiger partial charge in [-0.2, -0.15) is 0 Å². The Labute approximate surface area is 149 Å². The average Bonchev–Trinajstić information content (AvgIpc) is 3.13. The zero-order chi connectivity index (χ0) is 16.8. The lowest BCUT2D eigenvalue weighted by molar-refractivity contribution is -0.131. The highest BCUT2D eigenvalue weighted by atomic mass is 35.5. The lowest BCUT2D eigenvalue weighted by Gasteiger charge is -2.34. The molecule has 2 aliphatic rings. The van der Waals surface area contributed by atoms with Crippen molar-refractivity contribution in [3.63, 3.8) is 0 Å². The van der Waals surface area contributed by atoms with Crippen molar-refractivity contribution >= 4 is 17.5 Å². The number of carbonyl (C=O) groups is 1. The number of hydrogen-bond acceptors (Lipinski definition) is 4. The Kier molecular flexibility index (Phi) is 6.35. The SMILES string of the molecule is O=C(CN1CCN(CCOc2ccccc2Cl)CC1)N1CCCC1. The number of halogens is 1. The Hall–Kier alpha value is -1.30. The van der Waals surface area contributed by atoms with E-state index in [2.05, 4.69) is 9.80 Å². The van der Waals surface area contributed by atoms with Gasteiger partial charge in [-0.05, 0) is 25.0 Å². The first-order chi connectivity index (χ1) is 11.7. The van der Waals surface area contributed by atoms with E-state index in [4.69, 9.17) is 16.3 Å². The van der Waals surface area contributed by atoms with Gasteiger partial charge in [0.2, 0.25) is 5.91 Å². The number of para-hydroxylation sites is 1. The largest absolute Gasteiger partial charge is 0.491 e. The number of ether oxygens (including phenoxy) is 1. The molecule has 1 aromatic carbocycles. The van der Waals surface area contributed by atoms with Crippen LogP contribution in [0.25, 0.3) is 0 Å². The summed E-state index contributed by atoms with van der Waals surface area (Å²) >= 11 is 6.09. The summed E-state index contributed by atoms with van der Waals surface area (Å²) in [6.45, 7) is 7.85. The molecule has 2 heterocycles. The summed E-state index contributed by atoms with van der Waals surface area (Å²) in [6.07, 6.45) is 2.32. The van der Waals surface area contributed by atoms with Crippen LogP contribution < -0.4 is 4.74 Å². The van der Waals surface area contributed by atoms with Crippen molar-refractivity contribution in [2.45, 2.75) is 12.8 Å². The number of benzene rings is 1. The Balaban J connectivity index is 1.33. The van der Waals surface area contributed by atoms with E-state index in [0.29, 0.717) is 24.1 Å². The molecule has 0 radical (unpaired) electrons. The molecule has 6 heteroatoms. The van der Waals surface area contributed by atoms with Crippen molar-refractivity contribution < 1.29 is 9.53 Å². The van der Waals surface area contributed by atoms with Crippen LogP contribution in [-0.2, 0) is 4.79 Å². The van der Waals surface area contributed by atoms with E-state index in [0.717, 1.165) is 64.4 Å². The lowest BCUT2D eigenvalue weighted by atomic mass is 10.3. The van der Waals surface area contributed by atoms with Crippen molar-refractivity contribution in [1.82, 2.24) is 14.7 Å². The fourth-order valence-electron chi connectivity index (χ4n) is 3.28. The highest BCUT2D eigenvalue weighted by Gasteiger charge is 2.23. The maximum Gasteiger partial charge on any atom is 0.236 e. The van der Waals surface area contributed by atoms with Crippen LogP contribution >= 0.6 is 11.6 Å². The Morgan fingerprint density at radius 1 is 1.00 bits per heavy atom. The summed E-state index contributed by atoms with van der Waals surface area (Å²) in [5, 5.41) is 0.655. The van der Waals surface area contributed by atoms with Gasteiger partial charge in [-0.15, -0.1) is 0 Å². The highest BCUT2D eigenvalue weighted by molar-refractivity contribution is 6.32. The average molecular weight is 352 g/mol. The van der Waals surface area contributed by atoms with E-state index >= 15 is 0 Å². The normalized spacial score (nSPS) is 19.6. The molecule has 1 aromatic rings. The molecule has 2 fully saturated rings. The van der Waals surface area contributed by atoms with Gasteiger partial charge in [-0.25, -0.2) is 0 Å². The van der Waals surface area contributed by atoms with Crippen molar-refractivity contribution in [3.05, 3.63) is 29.3 Å². The summed E-state index contributed by atoms with van der Waals surface area (Å²) in [5.41, 5.74) is 0. The molecule has 2 saturated heterocycles. The Bertz CT molecular complexity index is 541. The van der Waals surface area contributed by atoms with Gasteiger partial charge < -0.3 is 9.64 Å². The molecule has 0 saturated carbocycles. The predicted octanol–water partition coefficient (Wildman–Crippen LogP) is 1.96. The van der Waals surface area contributed by atoms with Crippen molar-refractivity contribution in [1.29, 1.82) is 0 Å². The molecule has 0 N–H and O–H groups in total. The standard InChI is InChI=1S/C18H26ClN3O2/c19-16-5-1-2-6-17(16)24-14-13-20-9-11-21(12-10-20)15-18(23)22-7-3-4-8-22/h1-2,5-6H,3-4,7-15H2. The number of piperazine rings is 1. The van der Waals surface area contributed by atoms with Crippen LogP contribution in [0.5, 0.6) is 5.75 Å². The molecule has 0 atom stereocenters. The first-order valence-corrected chi connectivity index (χ1v) is 9.20. The van der Waals surface area contributed by atoms with E-state index in [1.807, 2.05) is 29.2 Å². The minimum Gasteiger partial charge on any atom is -0.491 e. The number of rotatable bonds is 6. The maximum atomic E-state index is 12.2. The van der Waals surface area contributed by atoms with Gasteiger partial charge >= 0.3 is 0 Å². The van der Waals surface area contributed by atoms with Gasteiger partial charge in [0, 0.05) is 45.8 Å². The van der Waals surface area contributed by atoms with Gasteiger partial charge in [0.15, 0.2) is 0 Å². The molecule has 132 valence electrons. The highest BCUT2D eigenvalue weighted by Crippen LogP contribution is 2.22. The van der Waals surface area contributed by atoms with Crippen LogP contribution in [0.4, 0.5) is 0 Å². The number of nitrogens with zero attached hydrogens (tertiary/aromatic N) is 3. The molecular weight excluding hydrogens is 326 g/mol. The van der Waals surface area contributed by atoms with Crippen molar-refractivity contribution in [2.24, 2.45) is 0 Å². The molecular formula is C18H26ClN3O2. The topological polar surface area (TPSA) is 36.0 Å². The third-order valence-electron chi connectivity index (χ3n) is 4.78. The van der Waals surface area contributed by atoms with Crippen LogP contribution in [0.1, 0.15) is 12.8 Å². The minimum absolute atomic E-state index is 0.294. The summed E-state index contributed by atoms with van der Waals surface area (Å²) < 4.78 is 5.75. The zero-order valence-corrected chi connectivity index (χ0v) is 14.9. The third kappa shape index (κ3) is 4.85. The van der Waals surface area contributed by atoms with E-state index in [9.17, 15) is 4.79 Å². The molecule has 0 unspecified atom stereocenters. The minimum atomic E-state index is 0.294. The van der Waals surface area contributed by atoms with Gasteiger partial charge in [-0.3, -0.25) is 14.6 Å². The molecule has 2 aliphatic heterocycles. The maximum absolute atomic E-state index is 12.2. The third-order valence-corrected chi connectivity index (χ3v) is 5.10. The fourth-order valence-corrected chi connectivity index (χ4v) is 3.47.